The second kappa shape index (κ2) is 10.8. The molecule has 0 aliphatic heterocycles. The van der Waals surface area contributed by atoms with E-state index >= 15 is 0 Å². The summed E-state index contributed by atoms with van der Waals surface area (Å²) in [5.74, 6) is 0.919. The number of hydrogen-bond donors (Lipinski definition) is 1. The lowest BCUT2D eigenvalue weighted by Crippen LogP contribution is -2.39. The van der Waals surface area contributed by atoms with Crippen molar-refractivity contribution < 1.29 is 0 Å². The number of guanidine groups is 1. The molecule has 0 saturated carbocycles. The first kappa shape index (κ1) is 21.9. The summed E-state index contributed by atoms with van der Waals surface area (Å²) < 4.78 is 0. The van der Waals surface area contributed by atoms with Crippen LogP contribution in [0.25, 0.3) is 0 Å². The minimum Gasteiger partial charge on any atom is -0.356 e. The lowest BCUT2D eigenvalue weighted by Gasteiger charge is -2.22. The molecule has 0 unspecified atom stereocenters. The SMILES string of the molecule is CCc1nc(CCNC(=NC)N(C)Cc2ccccc2C)sc1C.I. The molecule has 25 heavy (non-hydrogen) atoms. The van der Waals surface area contributed by atoms with Crippen LogP contribution < -0.4 is 5.32 Å². The van der Waals surface area contributed by atoms with Gasteiger partial charge in [-0.1, -0.05) is 31.2 Å². The first-order chi connectivity index (χ1) is 11.5. The first-order valence-corrected chi connectivity index (χ1v) is 9.28. The normalized spacial score (nSPS) is 11.2. The van der Waals surface area contributed by atoms with Crippen LogP contribution in [0.15, 0.2) is 29.3 Å². The summed E-state index contributed by atoms with van der Waals surface area (Å²) in [6.45, 7) is 8.16. The first-order valence-electron chi connectivity index (χ1n) is 8.46. The molecule has 0 radical (unpaired) electrons. The van der Waals surface area contributed by atoms with Gasteiger partial charge in [0.1, 0.15) is 0 Å². The average Bonchev–Trinajstić information content (AvgIpc) is 2.93. The van der Waals surface area contributed by atoms with E-state index in [0.717, 1.165) is 31.9 Å². The molecule has 0 amide bonds. The number of hydrogen-bond acceptors (Lipinski definition) is 3. The Balaban J connectivity index is 0.00000312. The van der Waals surface area contributed by atoms with Crippen molar-refractivity contribution in [2.24, 2.45) is 4.99 Å². The molecule has 138 valence electrons. The van der Waals surface area contributed by atoms with Gasteiger partial charge < -0.3 is 10.2 Å². The molecular weight excluding hydrogens is 443 g/mol. The molecule has 1 aromatic heterocycles. The quantitative estimate of drug-likeness (QED) is 0.390. The summed E-state index contributed by atoms with van der Waals surface area (Å²) in [4.78, 5) is 12.6. The van der Waals surface area contributed by atoms with Gasteiger partial charge in [0.15, 0.2) is 5.96 Å². The molecule has 0 aliphatic rings. The number of nitrogens with one attached hydrogen (secondary N) is 1. The molecule has 0 saturated heterocycles. The van der Waals surface area contributed by atoms with Gasteiger partial charge >= 0.3 is 0 Å². The highest BCUT2D eigenvalue weighted by Gasteiger charge is 2.09. The van der Waals surface area contributed by atoms with Crippen LogP contribution >= 0.6 is 35.3 Å². The maximum atomic E-state index is 4.70. The lowest BCUT2D eigenvalue weighted by atomic mass is 10.1. The van der Waals surface area contributed by atoms with Crippen molar-refractivity contribution in [1.82, 2.24) is 15.2 Å². The minimum atomic E-state index is 0. The van der Waals surface area contributed by atoms with E-state index in [1.165, 1.54) is 26.7 Å². The van der Waals surface area contributed by atoms with Crippen molar-refractivity contribution in [2.75, 3.05) is 20.6 Å². The average molecular weight is 472 g/mol. The number of halogens is 1. The standard InChI is InChI=1S/C19H28N4S.HI/c1-6-17-15(3)24-18(22-17)11-12-21-19(20-4)23(5)13-16-10-8-7-9-14(16)2;/h7-10H,6,11-13H2,1-5H3,(H,20,21);1H. The molecule has 1 aromatic carbocycles. The van der Waals surface area contributed by atoms with Gasteiger partial charge in [0.05, 0.1) is 10.7 Å². The van der Waals surface area contributed by atoms with Crippen molar-refractivity contribution in [2.45, 2.75) is 40.2 Å². The number of aromatic nitrogens is 1. The van der Waals surface area contributed by atoms with Gasteiger partial charge in [-0.15, -0.1) is 35.3 Å². The highest BCUT2D eigenvalue weighted by atomic mass is 127. The van der Waals surface area contributed by atoms with Crippen molar-refractivity contribution in [1.29, 1.82) is 0 Å². The van der Waals surface area contributed by atoms with E-state index in [1.54, 1.807) is 11.3 Å². The number of rotatable bonds is 6. The number of thiazole rings is 1. The predicted octanol–water partition coefficient (Wildman–Crippen LogP) is 4.19. The number of aliphatic imine (C=N–C) groups is 1. The van der Waals surface area contributed by atoms with Crippen LogP contribution in [0.5, 0.6) is 0 Å². The molecule has 0 fully saturated rings. The molecule has 1 N–H and O–H groups in total. The third-order valence-electron chi connectivity index (χ3n) is 4.14. The third kappa shape index (κ3) is 6.26. The summed E-state index contributed by atoms with van der Waals surface area (Å²) in [5, 5.41) is 4.65. The topological polar surface area (TPSA) is 40.5 Å². The number of nitrogens with zero attached hydrogens (tertiary/aromatic N) is 3. The third-order valence-corrected chi connectivity index (χ3v) is 5.21. The zero-order valence-electron chi connectivity index (χ0n) is 15.8. The highest BCUT2D eigenvalue weighted by Crippen LogP contribution is 2.18. The lowest BCUT2D eigenvalue weighted by molar-refractivity contribution is 0.476. The predicted molar refractivity (Wildman–Crippen MR) is 119 cm³/mol. The fraction of sp³-hybridized carbons (Fsp3) is 0.474. The van der Waals surface area contributed by atoms with Crippen LogP contribution in [-0.2, 0) is 19.4 Å². The largest absolute Gasteiger partial charge is 0.356 e. The molecule has 0 aliphatic carbocycles. The molecule has 2 rings (SSSR count). The Morgan fingerprint density at radius 3 is 2.60 bits per heavy atom. The maximum absolute atomic E-state index is 4.70. The Hall–Kier alpha value is -1.15. The van der Waals surface area contributed by atoms with Crippen molar-refractivity contribution >= 4 is 41.3 Å². The van der Waals surface area contributed by atoms with E-state index in [-0.39, 0.29) is 24.0 Å². The number of aryl methyl sites for hydroxylation is 3. The Morgan fingerprint density at radius 2 is 2.00 bits per heavy atom. The Labute approximate surface area is 172 Å². The van der Waals surface area contributed by atoms with E-state index in [2.05, 4.69) is 67.3 Å². The van der Waals surface area contributed by atoms with Gasteiger partial charge in [0.2, 0.25) is 0 Å². The molecule has 0 spiro atoms. The van der Waals surface area contributed by atoms with Crippen LogP contribution in [0.3, 0.4) is 0 Å². The molecule has 2 aromatic rings. The van der Waals surface area contributed by atoms with Crippen LogP contribution in [0.4, 0.5) is 0 Å². The van der Waals surface area contributed by atoms with Crippen LogP contribution in [-0.4, -0.2) is 36.5 Å². The Morgan fingerprint density at radius 1 is 1.28 bits per heavy atom. The fourth-order valence-electron chi connectivity index (χ4n) is 2.71. The molecule has 0 atom stereocenters. The van der Waals surface area contributed by atoms with Gasteiger partial charge in [0.25, 0.3) is 0 Å². The summed E-state index contributed by atoms with van der Waals surface area (Å²) in [7, 11) is 3.91. The van der Waals surface area contributed by atoms with E-state index in [4.69, 9.17) is 4.98 Å². The van der Waals surface area contributed by atoms with Crippen molar-refractivity contribution in [3.05, 3.63) is 51.0 Å². The zero-order valence-corrected chi connectivity index (χ0v) is 18.9. The van der Waals surface area contributed by atoms with Crippen LogP contribution in [0, 0.1) is 13.8 Å². The molecule has 4 nitrogen and oxygen atoms in total. The maximum Gasteiger partial charge on any atom is 0.193 e. The second-order valence-electron chi connectivity index (χ2n) is 5.97. The summed E-state index contributed by atoms with van der Waals surface area (Å²) >= 11 is 1.81. The van der Waals surface area contributed by atoms with E-state index < -0.39 is 0 Å². The van der Waals surface area contributed by atoms with Crippen molar-refractivity contribution in [3.63, 3.8) is 0 Å². The summed E-state index contributed by atoms with van der Waals surface area (Å²) in [6.07, 6.45) is 1.94. The van der Waals surface area contributed by atoms with Gasteiger partial charge in [0, 0.05) is 38.5 Å². The van der Waals surface area contributed by atoms with Gasteiger partial charge in [-0.3, -0.25) is 4.99 Å². The van der Waals surface area contributed by atoms with E-state index in [1.807, 2.05) is 7.05 Å². The monoisotopic (exact) mass is 472 g/mol. The van der Waals surface area contributed by atoms with E-state index in [9.17, 15) is 0 Å². The Bertz CT molecular complexity index is 696. The highest BCUT2D eigenvalue weighted by molar-refractivity contribution is 14.0. The van der Waals surface area contributed by atoms with Crippen LogP contribution in [0.2, 0.25) is 0 Å². The second-order valence-corrected chi connectivity index (χ2v) is 7.26. The molecule has 1 heterocycles. The molecule has 0 bridgehead atoms. The summed E-state index contributed by atoms with van der Waals surface area (Å²) in [5.41, 5.74) is 3.87. The fourth-order valence-corrected chi connectivity index (χ4v) is 3.73. The van der Waals surface area contributed by atoms with Crippen molar-refractivity contribution in [3.8, 4) is 0 Å². The van der Waals surface area contributed by atoms with E-state index in [0.29, 0.717) is 0 Å². The van der Waals surface area contributed by atoms with Crippen LogP contribution in [0.1, 0.15) is 33.6 Å². The Kier molecular flexibility index (Phi) is 9.42. The summed E-state index contributed by atoms with van der Waals surface area (Å²) in [6, 6.07) is 8.48. The van der Waals surface area contributed by atoms with Gasteiger partial charge in [-0.2, -0.15) is 0 Å². The van der Waals surface area contributed by atoms with Gasteiger partial charge in [-0.05, 0) is 31.4 Å². The molecular formula is C19H29IN4S. The molecule has 6 heteroatoms. The smallest absolute Gasteiger partial charge is 0.193 e. The number of benzene rings is 1. The van der Waals surface area contributed by atoms with Gasteiger partial charge in [-0.25, -0.2) is 4.98 Å². The minimum absolute atomic E-state index is 0. The zero-order chi connectivity index (χ0) is 17.5.